The van der Waals surface area contributed by atoms with E-state index in [2.05, 4.69) is 15.6 Å². The third-order valence-corrected chi connectivity index (χ3v) is 3.98. The molecular weight excluding hydrogens is 350 g/mol. The van der Waals surface area contributed by atoms with Crippen molar-refractivity contribution in [2.45, 2.75) is 6.54 Å². The molecule has 3 rings (SSSR count). The van der Waals surface area contributed by atoms with Crippen LogP contribution in [0.15, 0.2) is 66.9 Å². The van der Waals surface area contributed by atoms with Crippen LogP contribution in [0.3, 0.4) is 0 Å². The molecule has 0 fully saturated rings. The number of halogens is 1. The van der Waals surface area contributed by atoms with Crippen molar-refractivity contribution in [1.82, 2.24) is 4.98 Å². The molecular formula is C20H18ClN3O2. The van der Waals surface area contributed by atoms with Gasteiger partial charge < -0.3 is 15.4 Å². The normalized spacial score (nSPS) is 10.2. The molecule has 0 bridgehead atoms. The summed E-state index contributed by atoms with van der Waals surface area (Å²) >= 11 is 5.92. The van der Waals surface area contributed by atoms with Gasteiger partial charge in [-0.1, -0.05) is 29.8 Å². The summed E-state index contributed by atoms with van der Waals surface area (Å²) in [7, 11) is 1.64. The first-order valence-electron chi connectivity index (χ1n) is 8.04. The van der Waals surface area contributed by atoms with Gasteiger partial charge >= 0.3 is 0 Å². The molecule has 26 heavy (non-hydrogen) atoms. The summed E-state index contributed by atoms with van der Waals surface area (Å²) < 4.78 is 5.14. The molecule has 6 heteroatoms. The Bertz CT molecular complexity index is 880. The SMILES string of the molecule is COc1ccc(CNc2ccc(C(=O)Nc3cccc(Cl)c3)cn2)cc1. The van der Waals surface area contributed by atoms with Gasteiger partial charge in [-0.2, -0.15) is 0 Å². The zero-order valence-corrected chi connectivity index (χ0v) is 15.0. The predicted molar refractivity (Wildman–Crippen MR) is 104 cm³/mol. The summed E-state index contributed by atoms with van der Waals surface area (Å²) in [4.78, 5) is 16.5. The van der Waals surface area contributed by atoms with Gasteiger partial charge in [-0.05, 0) is 48.0 Å². The average Bonchev–Trinajstić information content (AvgIpc) is 2.67. The highest BCUT2D eigenvalue weighted by Gasteiger charge is 2.07. The molecule has 132 valence electrons. The maximum atomic E-state index is 12.2. The van der Waals surface area contributed by atoms with E-state index in [0.29, 0.717) is 28.6 Å². The monoisotopic (exact) mass is 367 g/mol. The third-order valence-electron chi connectivity index (χ3n) is 3.74. The quantitative estimate of drug-likeness (QED) is 0.668. The molecule has 0 aliphatic carbocycles. The fraction of sp³-hybridized carbons (Fsp3) is 0.100. The number of nitrogens with zero attached hydrogens (tertiary/aromatic N) is 1. The molecule has 1 aromatic heterocycles. The van der Waals surface area contributed by atoms with Crippen molar-refractivity contribution in [2.24, 2.45) is 0 Å². The number of hydrogen-bond acceptors (Lipinski definition) is 4. The number of ether oxygens (including phenoxy) is 1. The van der Waals surface area contributed by atoms with Crippen molar-refractivity contribution in [3.63, 3.8) is 0 Å². The number of aromatic nitrogens is 1. The maximum absolute atomic E-state index is 12.2. The molecule has 0 saturated carbocycles. The Hall–Kier alpha value is -3.05. The Morgan fingerprint density at radius 1 is 1.12 bits per heavy atom. The number of carbonyl (C=O) groups is 1. The number of nitrogens with one attached hydrogen (secondary N) is 2. The predicted octanol–water partition coefficient (Wildman–Crippen LogP) is 4.61. The number of anilines is 2. The average molecular weight is 368 g/mol. The van der Waals surface area contributed by atoms with Gasteiger partial charge in [0, 0.05) is 23.5 Å². The van der Waals surface area contributed by atoms with Gasteiger partial charge in [0.25, 0.3) is 5.91 Å². The number of rotatable bonds is 6. The van der Waals surface area contributed by atoms with Crippen LogP contribution in [0.1, 0.15) is 15.9 Å². The molecule has 0 saturated heterocycles. The van der Waals surface area contributed by atoms with Crippen LogP contribution in [-0.2, 0) is 6.54 Å². The van der Waals surface area contributed by atoms with Crippen LogP contribution in [0.25, 0.3) is 0 Å². The highest BCUT2D eigenvalue weighted by atomic mass is 35.5. The second-order valence-electron chi connectivity index (χ2n) is 5.60. The van der Waals surface area contributed by atoms with E-state index >= 15 is 0 Å². The van der Waals surface area contributed by atoms with Crippen LogP contribution in [0.4, 0.5) is 11.5 Å². The van der Waals surface area contributed by atoms with Crippen molar-refractivity contribution >= 4 is 29.0 Å². The molecule has 2 N–H and O–H groups in total. The number of hydrogen-bond donors (Lipinski definition) is 2. The molecule has 0 unspecified atom stereocenters. The first-order valence-corrected chi connectivity index (χ1v) is 8.41. The number of amides is 1. The number of methoxy groups -OCH3 is 1. The summed E-state index contributed by atoms with van der Waals surface area (Å²) in [5.41, 5.74) is 2.22. The molecule has 5 nitrogen and oxygen atoms in total. The molecule has 2 aromatic carbocycles. The second kappa shape index (κ2) is 8.36. The molecule has 0 aliphatic heterocycles. The van der Waals surface area contributed by atoms with Crippen LogP contribution in [-0.4, -0.2) is 18.0 Å². The van der Waals surface area contributed by atoms with Crippen molar-refractivity contribution in [2.75, 3.05) is 17.7 Å². The summed E-state index contributed by atoms with van der Waals surface area (Å²) in [6, 6.07) is 18.3. The number of pyridine rings is 1. The summed E-state index contributed by atoms with van der Waals surface area (Å²) in [6.07, 6.45) is 1.54. The summed E-state index contributed by atoms with van der Waals surface area (Å²) in [6.45, 7) is 0.630. The van der Waals surface area contributed by atoms with Gasteiger partial charge in [0.1, 0.15) is 11.6 Å². The van der Waals surface area contributed by atoms with Crippen molar-refractivity contribution in [1.29, 1.82) is 0 Å². The minimum atomic E-state index is -0.235. The van der Waals surface area contributed by atoms with Crippen LogP contribution in [0.2, 0.25) is 5.02 Å². The first kappa shape index (κ1) is 17.8. The topological polar surface area (TPSA) is 63.2 Å². The van der Waals surface area contributed by atoms with Crippen LogP contribution >= 0.6 is 11.6 Å². The largest absolute Gasteiger partial charge is 0.497 e. The van der Waals surface area contributed by atoms with Gasteiger partial charge in [0.05, 0.1) is 12.7 Å². The molecule has 0 aliphatic rings. The van der Waals surface area contributed by atoms with Crippen molar-refractivity contribution < 1.29 is 9.53 Å². The standard InChI is InChI=1S/C20H18ClN3O2/c1-26-18-8-5-14(6-9-18)12-22-19-10-7-15(13-23-19)20(25)24-17-4-2-3-16(21)11-17/h2-11,13H,12H2,1H3,(H,22,23)(H,24,25). The Balaban J connectivity index is 1.57. The Morgan fingerprint density at radius 3 is 2.58 bits per heavy atom. The second-order valence-corrected chi connectivity index (χ2v) is 6.03. The van der Waals surface area contributed by atoms with E-state index in [9.17, 15) is 4.79 Å². The van der Waals surface area contributed by atoms with Crippen LogP contribution < -0.4 is 15.4 Å². The van der Waals surface area contributed by atoms with E-state index in [-0.39, 0.29) is 5.91 Å². The maximum Gasteiger partial charge on any atom is 0.257 e. The zero-order chi connectivity index (χ0) is 18.4. The lowest BCUT2D eigenvalue weighted by atomic mass is 10.2. The van der Waals surface area contributed by atoms with Crippen molar-refractivity contribution in [3.05, 3.63) is 83.0 Å². The Labute approximate surface area is 157 Å². The minimum Gasteiger partial charge on any atom is -0.497 e. The molecule has 0 atom stereocenters. The van der Waals surface area contributed by atoms with Gasteiger partial charge in [-0.3, -0.25) is 4.79 Å². The van der Waals surface area contributed by atoms with Gasteiger partial charge in [-0.25, -0.2) is 4.98 Å². The summed E-state index contributed by atoms with van der Waals surface area (Å²) in [5.74, 6) is 1.28. The van der Waals surface area contributed by atoms with E-state index in [4.69, 9.17) is 16.3 Å². The summed E-state index contributed by atoms with van der Waals surface area (Å²) in [5, 5.41) is 6.58. The van der Waals surface area contributed by atoms with E-state index in [1.54, 1.807) is 43.5 Å². The Morgan fingerprint density at radius 2 is 1.92 bits per heavy atom. The van der Waals surface area contributed by atoms with Crippen LogP contribution in [0.5, 0.6) is 5.75 Å². The van der Waals surface area contributed by atoms with Gasteiger partial charge in [-0.15, -0.1) is 0 Å². The first-order chi connectivity index (χ1) is 12.6. The highest BCUT2D eigenvalue weighted by Crippen LogP contribution is 2.16. The van der Waals surface area contributed by atoms with E-state index < -0.39 is 0 Å². The van der Waals surface area contributed by atoms with Gasteiger partial charge in [0.2, 0.25) is 0 Å². The molecule has 0 radical (unpaired) electrons. The fourth-order valence-electron chi connectivity index (χ4n) is 2.34. The highest BCUT2D eigenvalue weighted by molar-refractivity contribution is 6.30. The lowest BCUT2D eigenvalue weighted by Crippen LogP contribution is -2.12. The lowest BCUT2D eigenvalue weighted by Gasteiger charge is -2.08. The molecule has 0 spiro atoms. The molecule has 3 aromatic rings. The van der Waals surface area contributed by atoms with Gasteiger partial charge in [0.15, 0.2) is 0 Å². The zero-order valence-electron chi connectivity index (χ0n) is 14.2. The Kier molecular flexibility index (Phi) is 5.71. The van der Waals surface area contributed by atoms with E-state index in [1.807, 2.05) is 24.3 Å². The molecule has 1 heterocycles. The van der Waals surface area contributed by atoms with E-state index in [0.717, 1.165) is 11.3 Å². The third kappa shape index (κ3) is 4.74. The van der Waals surface area contributed by atoms with Crippen LogP contribution in [0, 0.1) is 0 Å². The fourth-order valence-corrected chi connectivity index (χ4v) is 2.53. The van der Waals surface area contributed by atoms with E-state index in [1.165, 1.54) is 6.20 Å². The number of benzene rings is 2. The lowest BCUT2D eigenvalue weighted by molar-refractivity contribution is 0.102. The number of carbonyl (C=O) groups excluding carboxylic acids is 1. The smallest absolute Gasteiger partial charge is 0.257 e. The van der Waals surface area contributed by atoms with Crippen molar-refractivity contribution in [3.8, 4) is 5.75 Å². The minimum absolute atomic E-state index is 0.235. The molecule has 1 amide bonds.